The van der Waals surface area contributed by atoms with Gasteiger partial charge in [0.05, 0.1) is 0 Å². The Morgan fingerprint density at radius 3 is 2.30 bits per heavy atom. The van der Waals surface area contributed by atoms with E-state index in [1.807, 2.05) is 0 Å². The molecule has 0 radical (unpaired) electrons. The number of hydrogen-bond acceptors (Lipinski definition) is 2. The number of carbonyl (C=O) groups excluding carboxylic acids is 1. The summed E-state index contributed by atoms with van der Waals surface area (Å²) < 4.78 is 0. The molecule has 56 valence electrons. The van der Waals surface area contributed by atoms with Crippen LogP contribution < -0.4 is 5.32 Å². The summed E-state index contributed by atoms with van der Waals surface area (Å²) >= 11 is 0. The second-order valence-electron chi connectivity index (χ2n) is 1.86. The molecule has 0 atom stereocenters. The van der Waals surface area contributed by atoms with Crippen molar-refractivity contribution in [3.63, 3.8) is 0 Å². The molecule has 4 nitrogen and oxygen atoms in total. The highest BCUT2D eigenvalue weighted by Gasteiger charge is 2.00. The first-order chi connectivity index (χ1) is 4.57. The summed E-state index contributed by atoms with van der Waals surface area (Å²) in [6.07, 6.45) is 0. The van der Waals surface area contributed by atoms with Gasteiger partial charge >= 0.3 is 0 Å². The molecule has 0 unspecified atom stereocenters. The monoisotopic (exact) mass is 141 g/mol. The third-order valence-corrected chi connectivity index (χ3v) is 0.891. The van der Waals surface area contributed by atoms with Crippen LogP contribution in [0.25, 0.3) is 0 Å². The summed E-state index contributed by atoms with van der Waals surface area (Å²) in [5, 5.41) is 9.33. The zero-order valence-corrected chi connectivity index (χ0v) is 6.36. The van der Waals surface area contributed by atoms with E-state index in [0.29, 0.717) is 5.71 Å². The molecule has 0 spiro atoms. The lowest BCUT2D eigenvalue weighted by Crippen LogP contribution is -2.25. The maximum Gasteiger partial charge on any atom is 0.265 e. The Balaban J connectivity index is 4.19. The number of hydrogen-bond donors (Lipinski definition) is 2. The third kappa shape index (κ3) is 2.96. The standard InChI is InChI=1S/C6H11N3O/c1-4(6(10)8-3)9-5(2)7/h7H,1-3H3,(H,8,10). The van der Waals surface area contributed by atoms with E-state index in [1.165, 1.54) is 14.0 Å². The molecule has 0 bridgehead atoms. The molecule has 0 rings (SSSR count). The molecule has 0 aromatic heterocycles. The van der Waals surface area contributed by atoms with Crippen molar-refractivity contribution in [2.45, 2.75) is 13.8 Å². The van der Waals surface area contributed by atoms with Gasteiger partial charge < -0.3 is 5.32 Å². The average Bonchev–Trinajstić information content (AvgIpc) is 1.85. The van der Waals surface area contributed by atoms with Gasteiger partial charge in [-0.2, -0.15) is 0 Å². The van der Waals surface area contributed by atoms with Crippen LogP contribution in [0.15, 0.2) is 4.99 Å². The second kappa shape index (κ2) is 3.76. The van der Waals surface area contributed by atoms with Crippen LogP contribution in [-0.4, -0.2) is 24.5 Å². The van der Waals surface area contributed by atoms with Crippen LogP contribution in [0.3, 0.4) is 0 Å². The van der Waals surface area contributed by atoms with Gasteiger partial charge in [0.2, 0.25) is 0 Å². The van der Waals surface area contributed by atoms with Crippen LogP contribution in [0.5, 0.6) is 0 Å². The van der Waals surface area contributed by atoms with Gasteiger partial charge in [0.15, 0.2) is 0 Å². The maximum absolute atomic E-state index is 10.7. The van der Waals surface area contributed by atoms with E-state index in [9.17, 15) is 4.79 Å². The van der Waals surface area contributed by atoms with Crippen molar-refractivity contribution in [1.29, 1.82) is 5.41 Å². The predicted octanol–water partition coefficient (Wildman–Crippen LogP) is 0.190. The van der Waals surface area contributed by atoms with E-state index in [-0.39, 0.29) is 11.7 Å². The Kier molecular flexibility index (Phi) is 3.32. The van der Waals surface area contributed by atoms with E-state index in [1.54, 1.807) is 6.92 Å². The van der Waals surface area contributed by atoms with E-state index in [4.69, 9.17) is 5.41 Å². The molecule has 0 saturated carbocycles. The molecule has 0 aliphatic rings. The highest BCUT2D eigenvalue weighted by atomic mass is 16.1. The Morgan fingerprint density at radius 2 is 2.00 bits per heavy atom. The fourth-order valence-corrected chi connectivity index (χ4v) is 0.483. The molecule has 4 heteroatoms. The fraction of sp³-hybridized carbons (Fsp3) is 0.500. The predicted molar refractivity (Wildman–Crippen MR) is 40.6 cm³/mol. The van der Waals surface area contributed by atoms with Crippen molar-refractivity contribution in [2.24, 2.45) is 4.99 Å². The van der Waals surface area contributed by atoms with E-state index in [0.717, 1.165) is 0 Å². The smallest absolute Gasteiger partial charge is 0.265 e. The molecule has 2 N–H and O–H groups in total. The van der Waals surface area contributed by atoms with E-state index < -0.39 is 0 Å². The van der Waals surface area contributed by atoms with Gasteiger partial charge in [-0.1, -0.05) is 0 Å². The Labute approximate surface area is 59.9 Å². The molecule has 10 heavy (non-hydrogen) atoms. The highest BCUT2D eigenvalue weighted by molar-refractivity contribution is 6.39. The SMILES string of the molecule is CNC(=O)C(C)=NC(C)=N. The van der Waals surface area contributed by atoms with Gasteiger partial charge in [0.25, 0.3) is 5.91 Å². The van der Waals surface area contributed by atoms with Crippen molar-refractivity contribution in [2.75, 3.05) is 7.05 Å². The topological polar surface area (TPSA) is 65.3 Å². The molecular weight excluding hydrogens is 130 g/mol. The highest BCUT2D eigenvalue weighted by Crippen LogP contribution is 1.79. The second-order valence-corrected chi connectivity index (χ2v) is 1.86. The molecule has 0 saturated heterocycles. The Hall–Kier alpha value is -1.19. The van der Waals surface area contributed by atoms with Crippen molar-refractivity contribution in [3.05, 3.63) is 0 Å². The number of amidine groups is 1. The van der Waals surface area contributed by atoms with Crippen molar-refractivity contribution in [3.8, 4) is 0 Å². The summed E-state index contributed by atoms with van der Waals surface area (Å²) in [7, 11) is 1.53. The van der Waals surface area contributed by atoms with Crippen LogP contribution in [0.1, 0.15) is 13.8 Å². The summed E-state index contributed by atoms with van der Waals surface area (Å²) in [6.45, 7) is 3.09. The first-order valence-corrected chi connectivity index (χ1v) is 2.90. The summed E-state index contributed by atoms with van der Waals surface area (Å²) in [5.41, 5.74) is 0.315. The lowest BCUT2D eigenvalue weighted by Gasteiger charge is -1.95. The molecule has 0 heterocycles. The lowest BCUT2D eigenvalue weighted by atomic mass is 10.4. The van der Waals surface area contributed by atoms with Gasteiger partial charge in [0.1, 0.15) is 11.5 Å². The fourth-order valence-electron chi connectivity index (χ4n) is 0.483. The minimum atomic E-state index is -0.244. The van der Waals surface area contributed by atoms with Gasteiger partial charge in [-0.25, -0.2) is 4.99 Å². The molecule has 1 amide bonds. The number of aliphatic imine (C=N–C) groups is 1. The number of nitrogens with one attached hydrogen (secondary N) is 2. The van der Waals surface area contributed by atoms with Gasteiger partial charge in [-0.15, -0.1) is 0 Å². The Morgan fingerprint density at radius 1 is 1.50 bits per heavy atom. The van der Waals surface area contributed by atoms with E-state index >= 15 is 0 Å². The van der Waals surface area contributed by atoms with Crippen molar-refractivity contribution >= 4 is 17.5 Å². The molecular formula is C6H11N3O. The molecule has 0 fully saturated rings. The summed E-state index contributed by atoms with van der Waals surface area (Å²) in [4.78, 5) is 14.3. The number of rotatable bonds is 1. The largest absolute Gasteiger partial charge is 0.354 e. The Bertz CT molecular complexity index is 183. The van der Waals surface area contributed by atoms with Crippen LogP contribution in [0.2, 0.25) is 0 Å². The number of amides is 1. The van der Waals surface area contributed by atoms with Crippen LogP contribution in [0.4, 0.5) is 0 Å². The minimum absolute atomic E-state index is 0.140. The lowest BCUT2D eigenvalue weighted by molar-refractivity contribution is -0.114. The first kappa shape index (κ1) is 8.81. The molecule has 0 aromatic rings. The number of nitrogens with zero attached hydrogens (tertiary/aromatic N) is 1. The molecule has 0 aliphatic carbocycles. The zero-order valence-electron chi connectivity index (χ0n) is 6.36. The van der Waals surface area contributed by atoms with Crippen LogP contribution >= 0.6 is 0 Å². The zero-order chi connectivity index (χ0) is 8.15. The average molecular weight is 141 g/mol. The van der Waals surface area contributed by atoms with Crippen molar-refractivity contribution < 1.29 is 4.79 Å². The van der Waals surface area contributed by atoms with Gasteiger partial charge in [-0.05, 0) is 13.8 Å². The summed E-state index contributed by atoms with van der Waals surface area (Å²) in [6, 6.07) is 0. The third-order valence-electron chi connectivity index (χ3n) is 0.891. The summed E-state index contributed by atoms with van der Waals surface area (Å²) in [5.74, 6) is -0.104. The normalized spacial score (nSPS) is 10.9. The van der Waals surface area contributed by atoms with Crippen LogP contribution in [0, 0.1) is 5.41 Å². The van der Waals surface area contributed by atoms with E-state index in [2.05, 4.69) is 10.3 Å². The van der Waals surface area contributed by atoms with Gasteiger partial charge in [-0.3, -0.25) is 10.2 Å². The molecule has 0 aliphatic heterocycles. The first-order valence-electron chi connectivity index (χ1n) is 2.90. The quantitative estimate of drug-likeness (QED) is 0.397. The molecule has 0 aromatic carbocycles. The maximum atomic E-state index is 10.7. The van der Waals surface area contributed by atoms with Gasteiger partial charge in [0, 0.05) is 7.05 Å². The van der Waals surface area contributed by atoms with Crippen LogP contribution in [-0.2, 0) is 4.79 Å². The number of carbonyl (C=O) groups is 1. The van der Waals surface area contributed by atoms with Crippen molar-refractivity contribution in [1.82, 2.24) is 5.32 Å². The minimum Gasteiger partial charge on any atom is -0.354 e.